The lowest BCUT2D eigenvalue weighted by Gasteiger charge is -2.20. The smallest absolute Gasteiger partial charge is 0.242 e. The highest BCUT2D eigenvalue weighted by atomic mass is 79.9. The molecule has 2 nitrogen and oxygen atoms in total. The highest BCUT2D eigenvalue weighted by Crippen LogP contribution is 2.23. The molecule has 1 aromatic rings. The minimum atomic E-state index is -1.51. The normalized spacial score (nSPS) is 11.5. The zero-order chi connectivity index (χ0) is 10.1. The minimum Gasteiger partial charge on any atom is -0.543 e. The van der Waals surface area contributed by atoms with Crippen LogP contribution in [-0.2, 0) is 0 Å². The van der Waals surface area contributed by atoms with E-state index in [0.717, 1.165) is 15.9 Å². The predicted molar refractivity (Wildman–Crippen MR) is 60.6 cm³/mol. The summed E-state index contributed by atoms with van der Waals surface area (Å²) in [5.74, 6) is 0.897. The summed E-state index contributed by atoms with van der Waals surface area (Å²) >= 11 is 3.38. The Morgan fingerprint density at radius 2 is 2.00 bits per heavy atom. The number of rotatable bonds is 2. The molecule has 0 saturated heterocycles. The molecule has 0 aromatic carbocycles. The van der Waals surface area contributed by atoms with Crippen molar-refractivity contribution in [2.45, 2.75) is 26.6 Å². The van der Waals surface area contributed by atoms with Crippen molar-refractivity contribution in [3.63, 3.8) is 0 Å². The first-order chi connectivity index (χ1) is 5.88. The number of hydrogen-bond acceptors (Lipinski definition) is 2. The highest BCUT2D eigenvalue weighted by molar-refractivity contribution is 9.10. The van der Waals surface area contributed by atoms with Crippen molar-refractivity contribution in [3.8, 4) is 5.75 Å². The van der Waals surface area contributed by atoms with Crippen molar-refractivity contribution < 1.29 is 4.43 Å². The van der Waals surface area contributed by atoms with Gasteiger partial charge in [-0.2, -0.15) is 0 Å². The Morgan fingerprint density at radius 3 is 2.54 bits per heavy atom. The molecule has 0 radical (unpaired) electrons. The van der Waals surface area contributed by atoms with Crippen LogP contribution in [0.1, 0.15) is 5.69 Å². The molecular formula is C9H14BrNOSi. The van der Waals surface area contributed by atoms with Crippen LogP contribution in [0, 0.1) is 6.92 Å². The Labute approximate surface area is 88.6 Å². The fraction of sp³-hybridized carbons (Fsp3) is 0.444. The lowest BCUT2D eigenvalue weighted by atomic mass is 10.3. The van der Waals surface area contributed by atoms with Crippen LogP contribution in [0.4, 0.5) is 0 Å². The molecule has 72 valence electrons. The summed E-state index contributed by atoms with van der Waals surface area (Å²) in [5, 5.41) is 0. The Bertz CT molecular complexity index is 309. The van der Waals surface area contributed by atoms with Gasteiger partial charge in [0.25, 0.3) is 0 Å². The fourth-order valence-electron chi connectivity index (χ4n) is 0.922. The third-order valence-electron chi connectivity index (χ3n) is 1.42. The van der Waals surface area contributed by atoms with Crippen LogP contribution in [-0.4, -0.2) is 13.3 Å². The maximum Gasteiger partial charge on any atom is 0.242 e. The summed E-state index contributed by atoms with van der Waals surface area (Å²) in [6, 6.07) is 1.97. The van der Waals surface area contributed by atoms with Crippen molar-refractivity contribution in [3.05, 3.63) is 22.4 Å². The number of aryl methyl sites for hydroxylation is 1. The number of aromatic nitrogens is 1. The first-order valence-electron chi connectivity index (χ1n) is 4.20. The van der Waals surface area contributed by atoms with E-state index in [1.54, 1.807) is 6.20 Å². The number of hydrogen-bond donors (Lipinski definition) is 0. The molecule has 0 bridgehead atoms. The van der Waals surface area contributed by atoms with Crippen molar-refractivity contribution in [2.24, 2.45) is 0 Å². The molecule has 0 aliphatic rings. The SMILES string of the molecule is Cc1ncc(Br)cc1O[Si](C)(C)C. The van der Waals surface area contributed by atoms with Gasteiger partial charge >= 0.3 is 0 Å². The van der Waals surface area contributed by atoms with Gasteiger partial charge in [0.1, 0.15) is 5.75 Å². The van der Waals surface area contributed by atoms with E-state index >= 15 is 0 Å². The quantitative estimate of drug-likeness (QED) is 0.760. The van der Waals surface area contributed by atoms with Crippen LogP contribution >= 0.6 is 15.9 Å². The highest BCUT2D eigenvalue weighted by Gasteiger charge is 2.17. The second kappa shape index (κ2) is 3.80. The summed E-state index contributed by atoms with van der Waals surface area (Å²) in [5.41, 5.74) is 0.950. The van der Waals surface area contributed by atoms with Gasteiger partial charge in [0.15, 0.2) is 0 Å². The molecular weight excluding hydrogens is 246 g/mol. The second-order valence-electron chi connectivity index (χ2n) is 3.95. The van der Waals surface area contributed by atoms with Crippen LogP contribution in [0.5, 0.6) is 5.75 Å². The molecule has 13 heavy (non-hydrogen) atoms. The van der Waals surface area contributed by atoms with Crippen molar-refractivity contribution in [2.75, 3.05) is 0 Å². The monoisotopic (exact) mass is 259 g/mol. The maximum atomic E-state index is 5.86. The van der Waals surface area contributed by atoms with E-state index in [1.165, 1.54) is 0 Å². The average molecular weight is 260 g/mol. The molecule has 0 fully saturated rings. The number of halogens is 1. The zero-order valence-corrected chi connectivity index (χ0v) is 11.0. The van der Waals surface area contributed by atoms with E-state index in [4.69, 9.17) is 4.43 Å². The maximum absolute atomic E-state index is 5.86. The van der Waals surface area contributed by atoms with Crippen LogP contribution in [0.2, 0.25) is 19.6 Å². The van der Waals surface area contributed by atoms with E-state index in [-0.39, 0.29) is 0 Å². The van der Waals surface area contributed by atoms with Gasteiger partial charge in [0.05, 0.1) is 5.69 Å². The summed E-state index contributed by atoms with van der Waals surface area (Å²) in [4.78, 5) is 4.21. The van der Waals surface area contributed by atoms with E-state index in [9.17, 15) is 0 Å². The second-order valence-corrected chi connectivity index (χ2v) is 9.30. The van der Waals surface area contributed by atoms with E-state index in [2.05, 4.69) is 40.6 Å². The Hall–Kier alpha value is -0.353. The summed E-state index contributed by atoms with van der Waals surface area (Å²) < 4.78 is 6.82. The Balaban J connectivity index is 2.94. The molecule has 0 N–H and O–H groups in total. The lowest BCUT2D eigenvalue weighted by molar-refractivity contribution is 0.548. The largest absolute Gasteiger partial charge is 0.543 e. The first kappa shape index (κ1) is 10.7. The molecule has 1 heterocycles. The molecule has 0 spiro atoms. The minimum absolute atomic E-state index is 0.897. The zero-order valence-electron chi connectivity index (χ0n) is 8.39. The van der Waals surface area contributed by atoms with Gasteiger partial charge in [0, 0.05) is 10.7 Å². The summed E-state index contributed by atoms with van der Waals surface area (Å²) in [6.07, 6.45) is 1.78. The molecule has 0 aliphatic carbocycles. The van der Waals surface area contributed by atoms with E-state index < -0.39 is 8.32 Å². The van der Waals surface area contributed by atoms with Crippen molar-refractivity contribution >= 4 is 24.2 Å². The molecule has 0 amide bonds. The van der Waals surface area contributed by atoms with Crippen LogP contribution < -0.4 is 4.43 Å². The number of pyridine rings is 1. The van der Waals surface area contributed by atoms with Gasteiger partial charge in [-0.15, -0.1) is 0 Å². The van der Waals surface area contributed by atoms with Crippen LogP contribution in [0.25, 0.3) is 0 Å². The molecule has 0 atom stereocenters. The molecule has 1 aromatic heterocycles. The van der Waals surface area contributed by atoms with Gasteiger partial charge in [-0.05, 0) is 48.6 Å². The Morgan fingerprint density at radius 1 is 1.38 bits per heavy atom. The van der Waals surface area contributed by atoms with Gasteiger partial charge < -0.3 is 4.43 Å². The molecule has 0 unspecified atom stereocenters. The van der Waals surface area contributed by atoms with Gasteiger partial charge in [-0.25, -0.2) is 0 Å². The van der Waals surface area contributed by atoms with Crippen molar-refractivity contribution in [1.29, 1.82) is 0 Å². The van der Waals surface area contributed by atoms with Crippen molar-refractivity contribution in [1.82, 2.24) is 4.98 Å². The standard InChI is InChI=1S/C9H14BrNOSi/c1-7-9(12-13(2,3)4)5-8(10)6-11-7/h5-6H,1-4H3. The van der Waals surface area contributed by atoms with Gasteiger partial charge in [0.2, 0.25) is 8.32 Å². The fourth-order valence-corrected chi connectivity index (χ4v) is 2.10. The third-order valence-corrected chi connectivity index (χ3v) is 2.69. The first-order valence-corrected chi connectivity index (χ1v) is 8.40. The molecule has 0 saturated carbocycles. The van der Waals surface area contributed by atoms with E-state index in [1.807, 2.05) is 13.0 Å². The van der Waals surface area contributed by atoms with Crippen LogP contribution in [0.3, 0.4) is 0 Å². The molecule has 1 rings (SSSR count). The summed E-state index contributed by atoms with van der Waals surface area (Å²) in [7, 11) is -1.51. The average Bonchev–Trinajstić information content (AvgIpc) is 1.94. The lowest BCUT2D eigenvalue weighted by Crippen LogP contribution is -2.29. The van der Waals surface area contributed by atoms with Gasteiger partial charge in [-0.3, -0.25) is 4.98 Å². The predicted octanol–water partition coefficient (Wildman–Crippen LogP) is 3.37. The topological polar surface area (TPSA) is 22.1 Å². The van der Waals surface area contributed by atoms with E-state index in [0.29, 0.717) is 0 Å². The molecule has 0 aliphatic heterocycles. The van der Waals surface area contributed by atoms with Crippen LogP contribution in [0.15, 0.2) is 16.7 Å². The third kappa shape index (κ3) is 3.48. The Kier molecular flexibility index (Phi) is 3.13. The summed E-state index contributed by atoms with van der Waals surface area (Å²) in [6.45, 7) is 8.44. The molecule has 4 heteroatoms. The van der Waals surface area contributed by atoms with Gasteiger partial charge in [-0.1, -0.05) is 0 Å². The number of nitrogens with zero attached hydrogens (tertiary/aromatic N) is 1.